The van der Waals surface area contributed by atoms with Crippen molar-refractivity contribution in [1.82, 2.24) is 74.0 Å². The second kappa shape index (κ2) is 35.6. The number of phosphoric ester groups is 3. The smallest absolute Gasteiger partial charge is 0.434 e. The molecule has 0 radical (unpaired) electrons. The zero-order valence-corrected chi connectivity index (χ0v) is 77.0. The van der Waals surface area contributed by atoms with Crippen LogP contribution in [0, 0.1) is 11.6 Å². The number of carbonyl (C=O) groups excluding carboxylic acids is 3. The van der Waals surface area contributed by atoms with Crippen LogP contribution in [0.25, 0.3) is 50.3 Å². The molecule has 33 nitrogen and oxygen atoms in total. The van der Waals surface area contributed by atoms with E-state index in [1.807, 2.05) is 16.7 Å². The van der Waals surface area contributed by atoms with Gasteiger partial charge in [0.05, 0.1) is 52.3 Å². The summed E-state index contributed by atoms with van der Waals surface area (Å²) in [7, 11) is -14.4. The molecule has 6 aliphatic rings. The molecule has 3 aliphatic heterocycles. The Morgan fingerprint density at radius 3 is 0.976 bits per heavy atom. The van der Waals surface area contributed by atoms with Gasteiger partial charge in [-0.15, -0.1) is 0 Å². The quantitative estimate of drug-likeness (QED) is 0.0320. The summed E-state index contributed by atoms with van der Waals surface area (Å²) in [6, 6.07) is 17.9. The van der Waals surface area contributed by atoms with Gasteiger partial charge in [0.1, 0.15) is 62.6 Å². The van der Waals surface area contributed by atoms with Crippen molar-refractivity contribution in [3.8, 4) is 50.6 Å². The Morgan fingerprint density at radius 1 is 0.398 bits per heavy atom. The van der Waals surface area contributed by atoms with Crippen LogP contribution in [-0.4, -0.2) is 125 Å². The molecular weight excluding hydrogens is 1740 g/mol. The van der Waals surface area contributed by atoms with Crippen LogP contribution < -0.4 is 148 Å². The number of aromatic nitrogens is 12. The van der Waals surface area contributed by atoms with Crippen molar-refractivity contribution in [3.05, 3.63) is 231 Å². The molecule has 3 amide bonds. The van der Waals surface area contributed by atoms with Gasteiger partial charge in [-0.25, -0.2) is 67.3 Å². The number of benzene rings is 3. The van der Waals surface area contributed by atoms with E-state index in [9.17, 15) is 64.2 Å². The van der Waals surface area contributed by atoms with Crippen molar-refractivity contribution in [2.45, 2.75) is 133 Å². The first-order chi connectivity index (χ1) is 56.1. The predicted molar refractivity (Wildman–Crippen MR) is 396 cm³/mol. The van der Waals surface area contributed by atoms with Gasteiger partial charge < -0.3 is 72.7 Å². The van der Waals surface area contributed by atoms with E-state index >= 15 is 8.78 Å². The fourth-order valence-electron chi connectivity index (χ4n) is 16.2. The average molecular weight is 1800 g/mol. The number of rotatable bonds is 18. The van der Waals surface area contributed by atoms with Crippen molar-refractivity contribution in [2.24, 2.45) is 0 Å². The Kier molecular flexibility index (Phi) is 27.4. The van der Waals surface area contributed by atoms with Crippen LogP contribution in [0.5, 0.6) is 17.2 Å². The summed E-state index contributed by atoms with van der Waals surface area (Å²) in [4.78, 5) is 133. The van der Waals surface area contributed by atoms with E-state index in [1.165, 1.54) is 152 Å². The summed E-state index contributed by atoms with van der Waals surface area (Å²) >= 11 is 0. The maximum Gasteiger partial charge on any atom is 1.00 e. The molecule has 6 atom stereocenters. The van der Waals surface area contributed by atoms with E-state index in [1.54, 1.807) is 20.9 Å². The molecule has 12 aromatic rings. The molecule has 0 fully saturated rings. The van der Waals surface area contributed by atoms with E-state index in [4.69, 9.17) is 52.3 Å². The monoisotopic (exact) mass is 1800 g/mol. The van der Waals surface area contributed by atoms with Gasteiger partial charge in [-0.3, -0.25) is 28.0 Å². The maximum atomic E-state index is 15.3. The topological polar surface area (TPSA) is 445 Å². The molecule has 618 valence electrons. The normalized spacial score (nSPS) is 17.9. The van der Waals surface area contributed by atoms with Gasteiger partial charge in [-0.1, -0.05) is 18.2 Å². The van der Waals surface area contributed by atoms with Gasteiger partial charge in [0, 0.05) is 152 Å². The zero-order chi connectivity index (χ0) is 84.8. The Labute approximate surface area is 778 Å². The number of phosphoric acid groups is 3. The van der Waals surface area contributed by atoms with Crippen molar-refractivity contribution in [3.63, 3.8) is 0 Å². The number of hydrogen-bond donors (Lipinski definition) is 9. The number of hydrogen-bond acceptors (Lipinski definition) is 21. The first-order valence-electron chi connectivity index (χ1n) is 35.9. The van der Waals surface area contributed by atoms with Crippen LogP contribution in [-0.2, 0) is 44.1 Å². The largest absolute Gasteiger partial charge is 1.00 e. The van der Waals surface area contributed by atoms with Gasteiger partial charge in [0.2, 0.25) is 0 Å². The molecule has 48 heteroatoms. The number of fused-ring (bicyclic) bond motifs is 27. The van der Waals surface area contributed by atoms with E-state index in [0.29, 0.717) is 81.2 Å². The summed E-state index contributed by atoms with van der Waals surface area (Å²) in [6.45, 7) is -0.825. The number of alkyl halides is 6. The molecule has 6 bridgehead atoms. The molecule has 0 saturated carbocycles. The van der Waals surface area contributed by atoms with Gasteiger partial charge in [-0.2, -0.15) is 26.3 Å². The number of imidazole rings is 3. The van der Waals surface area contributed by atoms with E-state index in [0.717, 1.165) is 5.69 Å². The molecule has 0 spiro atoms. The van der Waals surface area contributed by atoms with Gasteiger partial charge in [-0.05, 0) is 109 Å². The number of ether oxygens (including phenoxy) is 3. The molecule has 0 saturated heterocycles. The summed E-state index contributed by atoms with van der Waals surface area (Å²) in [5, 5.41) is 8.73. The van der Waals surface area contributed by atoms with Crippen molar-refractivity contribution in [2.75, 3.05) is 0 Å². The van der Waals surface area contributed by atoms with Gasteiger partial charge >= 0.3 is 162 Å². The van der Waals surface area contributed by atoms with E-state index in [-0.39, 0.29) is 209 Å². The van der Waals surface area contributed by atoms with Crippen LogP contribution in [0.2, 0.25) is 0 Å². The summed E-state index contributed by atoms with van der Waals surface area (Å²) in [5.41, 5.74) is 3.93. The minimum atomic E-state index is -4.84. The predicted octanol–water partition coefficient (Wildman–Crippen LogP) is 0.466. The van der Waals surface area contributed by atoms with Crippen LogP contribution in [0.4, 0.5) is 35.1 Å². The van der Waals surface area contributed by atoms with Crippen molar-refractivity contribution >= 4 is 58.1 Å². The summed E-state index contributed by atoms with van der Waals surface area (Å²) in [6.07, 6.45) is 14.1. The third-order valence-corrected chi connectivity index (χ3v) is 22.8. The Balaban J connectivity index is 0.000000166. The van der Waals surface area contributed by atoms with E-state index in [2.05, 4.69) is 55.8 Å². The van der Waals surface area contributed by atoms with Crippen LogP contribution in [0.15, 0.2) is 135 Å². The minimum absolute atomic E-state index is 0. The average Bonchev–Trinajstić information content (AvgIpc) is 1.57. The van der Waals surface area contributed by atoms with Gasteiger partial charge in [0.15, 0.2) is 17.5 Å². The third kappa shape index (κ3) is 18.8. The van der Waals surface area contributed by atoms with Crippen LogP contribution >= 0.6 is 23.5 Å². The van der Waals surface area contributed by atoms with Crippen LogP contribution in [0.1, 0.15) is 196 Å². The fraction of sp³-hybridized carbons (Fsp3) is 0.280. The first-order valence-corrected chi connectivity index (χ1v) is 40.5. The van der Waals surface area contributed by atoms with Gasteiger partial charge in [0.25, 0.3) is 17.7 Å². The molecule has 9 N–H and O–H groups in total. The second-order valence-electron chi connectivity index (χ2n) is 29.7. The first kappa shape index (κ1) is 94.7. The number of nitrogens with one attached hydrogen (secondary N) is 3. The second-order valence-corrected chi connectivity index (χ2v) is 33.2. The fourth-order valence-corrected chi connectivity index (χ4v) is 18.2. The summed E-state index contributed by atoms with van der Waals surface area (Å²) < 4.78 is 178. The molecule has 9 aromatic heterocycles. The number of carbonyl (C=O) groups is 3. The number of nitrogens with zero attached hydrogens (tertiary/aromatic N) is 12. The summed E-state index contributed by atoms with van der Waals surface area (Å²) in [5.74, 6) is -4.37. The Morgan fingerprint density at radius 2 is 0.683 bits per heavy atom. The maximum absolute atomic E-state index is 15.3. The standard InChI is InChI=1S/2C25H21F3N5O6P.C25H22F2N5O6P.4Na/c2*1-25(2,39-40(35,36)37)23-29-8-11(9-30-23)14-10-33-18(7-15(14)26)32-20-16-6-13(21(20)33)19-12(22(34)31-16)4-3-5-17(19)38-24(27)28;1-25(2,38-39(34,35)36)23-28-9-13(10-29-23)12-6-7-18-31-20-16-8-15(21(20)32(18)11-12)19-14(22(33)30-16)4-3-5-17(19)37-24(26)27;;;;/h2*3-5,7-10,13,16,24H,6H2,1-2H3,(H,31,34)(H2,35,36,37);3-7,9-11,15-16,24H,8H2,1-2H3,(H,30,33)(H2,34,35,36);;;;/q;;;4*+1/t2*13-,16-;15-,16-;;;;/m111..../s1. The number of amides is 3. The Hall–Kier alpha value is -7.45. The molecule has 3 aliphatic carbocycles. The van der Waals surface area contributed by atoms with Crippen molar-refractivity contribution in [1.29, 1.82) is 0 Å². The van der Waals surface area contributed by atoms with Crippen molar-refractivity contribution < 1.29 is 239 Å². The van der Waals surface area contributed by atoms with E-state index < -0.39 is 119 Å². The van der Waals surface area contributed by atoms with Crippen LogP contribution in [0.3, 0.4) is 0 Å². The molecule has 12 heterocycles. The SMILES string of the molecule is CC(C)(OP(=O)(O)O)c1ncc(-c2ccc3nc4c(n3c2)[C@@H]2C[C@H]4NC(=O)c3cccc(OC(F)F)c32)cn1.CC(C)(OP(=O)(O)O)c1ncc(-c2cn3c4c(nc3cc2F)[C@H]2C[C@@H]4c3c(OC(F)F)cccc3C(=O)N2)cn1.CC(C)(OP(=O)(O)O)c1ncc(-c2cn3c4c(nc3cc2F)[C@H]2C[C@@H]4c3c(OC(F)F)cccc3C(=O)N2)cn1.[Na+].[Na+].[Na+].[Na+]. The minimum Gasteiger partial charge on any atom is -0.434 e. The molecular formula is C75H64F8N15Na4O18P3+4. The Bertz CT molecular complexity index is 6080. The molecule has 0 unspecified atom stereocenters. The third-order valence-electron chi connectivity index (χ3n) is 20.7. The number of halogens is 8. The zero-order valence-electron chi connectivity index (χ0n) is 66.3. The molecule has 18 rings (SSSR count). The molecule has 3 aromatic carbocycles. The number of pyridine rings is 3. The molecule has 123 heavy (non-hydrogen) atoms.